The third-order valence-corrected chi connectivity index (χ3v) is 4.57. The third-order valence-electron chi connectivity index (χ3n) is 3.62. The van der Waals surface area contributed by atoms with Crippen molar-refractivity contribution >= 4 is 17.7 Å². The lowest BCUT2D eigenvalue weighted by molar-refractivity contribution is -0.127. The van der Waals surface area contributed by atoms with Crippen molar-refractivity contribution in [3.63, 3.8) is 0 Å². The Morgan fingerprint density at radius 1 is 1.38 bits per heavy atom. The topological polar surface area (TPSA) is 60.2 Å². The fourth-order valence-corrected chi connectivity index (χ4v) is 3.05. The Kier molecular flexibility index (Phi) is 6.66. The first kappa shape index (κ1) is 18.3. The molecule has 0 fully saturated rings. The van der Waals surface area contributed by atoms with Crippen molar-refractivity contribution in [1.29, 1.82) is 0 Å². The second-order valence-electron chi connectivity index (χ2n) is 5.83. The molecule has 0 atom stereocenters. The van der Waals surface area contributed by atoms with Crippen LogP contribution in [0.4, 0.5) is 0 Å². The number of carbonyl (C=O) groups excluding carboxylic acids is 1. The lowest BCUT2D eigenvalue weighted by Crippen LogP contribution is -2.32. The number of amides is 1. The van der Waals surface area contributed by atoms with E-state index in [9.17, 15) is 4.79 Å². The van der Waals surface area contributed by atoms with Crippen LogP contribution in [0.5, 0.6) is 5.75 Å². The number of hydrogen-bond donors (Lipinski definition) is 0. The van der Waals surface area contributed by atoms with Gasteiger partial charge in [0.05, 0.1) is 12.3 Å². The zero-order chi connectivity index (χ0) is 17.5. The predicted octanol–water partition coefficient (Wildman–Crippen LogP) is 2.80. The van der Waals surface area contributed by atoms with Gasteiger partial charge in [-0.2, -0.15) is 0 Å². The minimum Gasteiger partial charge on any atom is -0.491 e. The molecular weight excluding hydrogens is 324 g/mol. The minimum absolute atomic E-state index is 0.0479. The Morgan fingerprint density at radius 2 is 2.12 bits per heavy atom. The molecule has 0 unspecified atom stereocenters. The molecule has 24 heavy (non-hydrogen) atoms. The molecule has 0 N–H and O–H groups in total. The van der Waals surface area contributed by atoms with E-state index in [1.165, 1.54) is 11.8 Å². The lowest BCUT2D eigenvalue weighted by atomic mass is 10.2. The third kappa shape index (κ3) is 4.99. The van der Waals surface area contributed by atoms with Gasteiger partial charge < -0.3 is 14.2 Å². The maximum Gasteiger partial charge on any atom is 0.232 e. The molecule has 0 aliphatic rings. The highest BCUT2D eigenvalue weighted by Gasteiger charge is 2.13. The van der Waals surface area contributed by atoms with E-state index in [4.69, 9.17) is 4.74 Å². The summed E-state index contributed by atoms with van der Waals surface area (Å²) in [6.45, 7) is 7.14. The molecule has 0 radical (unpaired) electrons. The molecule has 0 aliphatic heterocycles. The van der Waals surface area contributed by atoms with Gasteiger partial charge in [-0.1, -0.05) is 30.0 Å². The van der Waals surface area contributed by atoms with Crippen molar-refractivity contribution in [1.82, 2.24) is 19.7 Å². The first-order valence-electron chi connectivity index (χ1n) is 7.93. The number of likely N-dealkylation sites (N-methyl/N-ethyl adjacent to an activating group) is 1. The zero-order valence-electron chi connectivity index (χ0n) is 14.6. The minimum atomic E-state index is 0.0479. The molecular formula is C17H24N4O2S. The highest BCUT2D eigenvalue weighted by molar-refractivity contribution is 7.99. The van der Waals surface area contributed by atoms with Crippen LogP contribution in [0.2, 0.25) is 0 Å². The smallest absolute Gasteiger partial charge is 0.232 e. The molecule has 0 spiro atoms. The van der Waals surface area contributed by atoms with E-state index < -0.39 is 0 Å². The molecule has 0 saturated carbocycles. The summed E-state index contributed by atoms with van der Waals surface area (Å²) in [6, 6.07) is 8.14. The summed E-state index contributed by atoms with van der Waals surface area (Å²) in [7, 11) is 1.79. The highest BCUT2D eigenvalue weighted by atomic mass is 32.2. The summed E-state index contributed by atoms with van der Waals surface area (Å²) in [5.74, 6) is 1.25. The number of hydrogen-bond acceptors (Lipinski definition) is 5. The first-order valence-corrected chi connectivity index (χ1v) is 8.92. The van der Waals surface area contributed by atoms with Gasteiger partial charge in [0, 0.05) is 13.1 Å². The number of carbonyl (C=O) groups is 1. The van der Waals surface area contributed by atoms with Gasteiger partial charge in [0.1, 0.15) is 18.7 Å². The SMILES string of the molecule is Cc1ccccc1OCCN(C)C(=O)CSc1nncn1C(C)C. The van der Waals surface area contributed by atoms with E-state index in [0.29, 0.717) is 18.9 Å². The lowest BCUT2D eigenvalue weighted by Gasteiger charge is -2.18. The Balaban J connectivity index is 1.76. The van der Waals surface area contributed by atoms with E-state index in [0.717, 1.165) is 16.5 Å². The van der Waals surface area contributed by atoms with Crippen molar-refractivity contribution in [3.8, 4) is 5.75 Å². The number of aryl methyl sites for hydroxylation is 1. The summed E-state index contributed by atoms with van der Waals surface area (Å²) in [6.07, 6.45) is 1.69. The summed E-state index contributed by atoms with van der Waals surface area (Å²) >= 11 is 1.41. The van der Waals surface area contributed by atoms with Gasteiger partial charge >= 0.3 is 0 Å². The molecule has 1 aromatic heterocycles. The van der Waals surface area contributed by atoms with Gasteiger partial charge in [0.25, 0.3) is 0 Å². The second-order valence-corrected chi connectivity index (χ2v) is 6.77. The van der Waals surface area contributed by atoms with Crippen LogP contribution in [-0.4, -0.2) is 51.5 Å². The van der Waals surface area contributed by atoms with Crippen LogP contribution in [0.3, 0.4) is 0 Å². The number of ether oxygens (including phenoxy) is 1. The molecule has 0 saturated heterocycles. The molecule has 6 nitrogen and oxygen atoms in total. The summed E-state index contributed by atoms with van der Waals surface area (Å²) < 4.78 is 7.69. The van der Waals surface area contributed by atoms with E-state index in [1.807, 2.05) is 35.8 Å². The summed E-state index contributed by atoms with van der Waals surface area (Å²) in [5, 5.41) is 8.73. The number of nitrogens with zero attached hydrogens (tertiary/aromatic N) is 4. The van der Waals surface area contributed by atoms with E-state index in [1.54, 1.807) is 18.3 Å². The van der Waals surface area contributed by atoms with Crippen LogP contribution < -0.4 is 4.74 Å². The maximum atomic E-state index is 12.2. The fourth-order valence-electron chi connectivity index (χ4n) is 2.06. The number of thioether (sulfide) groups is 1. The van der Waals surface area contributed by atoms with Crippen molar-refractivity contribution in [3.05, 3.63) is 36.2 Å². The van der Waals surface area contributed by atoms with Crippen LogP contribution in [0.15, 0.2) is 35.7 Å². The molecule has 1 aromatic carbocycles. The van der Waals surface area contributed by atoms with Crippen molar-refractivity contribution in [2.24, 2.45) is 0 Å². The number of benzene rings is 1. The number of rotatable bonds is 8. The van der Waals surface area contributed by atoms with Crippen LogP contribution in [0.1, 0.15) is 25.5 Å². The molecule has 130 valence electrons. The summed E-state index contributed by atoms with van der Waals surface area (Å²) in [4.78, 5) is 13.9. The van der Waals surface area contributed by atoms with E-state index in [2.05, 4.69) is 24.0 Å². The normalized spacial score (nSPS) is 10.9. The Hall–Kier alpha value is -2.02. The predicted molar refractivity (Wildman–Crippen MR) is 95.4 cm³/mol. The highest BCUT2D eigenvalue weighted by Crippen LogP contribution is 2.19. The number of para-hydroxylation sites is 1. The molecule has 1 heterocycles. The van der Waals surface area contributed by atoms with E-state index >= 15 is 0 Å². The van der Waals surface area contributed by atoms with Gasteiger partial charge in [-0.05, 0) is 32.4 Å². The quantitative estimate of drug-likeness (QED) is 0.687. The van der Waals surface area contributed by atoms with Crippen molar-refractivity contribution in [2.75, 3.05) is 26.0 Å². The van der Waals surface area contributed by atoms with Crippen LogP contribution in [-0.2, 0) is 4.79 Å². The molecule has 2 aromatic rings. The van der Waals surface area contributed by atoms with Gasteiger partial charge in [0.15, 0.2) is 5.16 Å². The summed E-state index contributed by atoms with van der Waals surface area (Å²) in [5.41, 5.74) is 1.09. The number of aromatic nitrogens is 3. The van der Waals surface area contributed by atoms with Gasteiger partial charge in [-0.3, -0.25) is 4.79 Å². The van der Waals surface area contributed by atoms with Crippen LogP contribution in [0, 0.1) is 6.92 Å². The molecule has 1 amide bonds. The van der Waals surface area contributed by atoms with Crippen molar-refractivity contribution < 1.29 is 9.53 Å². The Morgan fingerprint density at radius 3 is 2.83 bits per heavy atom. The average Bonchev–Trinajstić information content (AvgIpc) is 3.03. The average molecular weight is 348 g/mol. The molecule has 0 bridgehead atoms. The first-order chi connectivity index (χ1) is 11.5. The van der Waals surface area contributed by atoms with Gasteiger partial charge in [-0.15, -0.1) is 10.2 Å². The van der Waals surface area contributed by atoms with Crippen LogP contribution in [0.25, 0.3) is 0 Å². The largest absolute Gasteiger partial charge is 0.491 e. The van der Waals surface area contributed by atoms with Gasteiger partial charge in [-0.25, -0.2) is 0 Å². The standard InChI is InChI=1S/C17H24N4O2S/c1-13(2)21-12-18-19-17(21)24-11-16(22)20(4)9-10-23-15-8-6-5-7-14(15)3/h5-8,12-13H,9-11H2,1-4H3. The molecule has 2 rings (SSSR count). The van der Waals surface area contributed by atoms with E-state index in [-0.39, 0.29) is 11.9 Å². The Labute approximate surface area is 147 Å². The second kappa shape index (κ2) is 8.73. The fraction of sp³-hybridized carbons (Fsp3) is 0.471. The van der Waals surface area contributed by atoms with Crippen molar-refractivity contribution in [2.45, 2.75) is 32.0 Å². The molecule has 0 aliphatic carbocycles. The van der Waals surface area contributed by atoms with Gasteiger partial charge in [0.2, 0.25) is 5.91 Å². The maximum absolute atomic E-state index is 12.2. The Bertz CT molecular complexity index is 672. The molecule has 7 heteroatoms. The monoisotopic (exact) mass is 348 g/mol. The zero-order valence-corrected chi connectivity index (χ0v) is 15.4. The van der Waals surface area contributed by atoms with Crippen LogP contribution >= 0.6 is 11.8 Å².